The number of ether oxygens (including phenoxy) is 1. The van der Waals surface area contributed by atoms with Gasteiger partial charge < -0.3 is 13.7 Å². The van der Waals surface area contributed by atoms with Crippen LogP contribution >= 0.6 is 0 Å². The average Bonchev–Trinajstić information content (AvgIpc) is 3.36. The topological polar surface area (TPSA) is 105 Å². The molecule has 0 aliphatic rings. The van der Waals surface area contributed by atoms with Gasteiger partial charge in [-0.25, -0.2) is 9.78 Å². The molecule has 9 nitrogen and oxygen atoms in total. The number of hydrogen-bond acceptors (Lipinski definition) is 6. The number of hydrogen-bond donors (Lipinski definition) is 0. The summed E-state index contributed by atoms with van der Waals surface area (Å²) in [5.74, 6) is 0.000409. The van der Waals surface area contributed by atoms with Crippen LogP contribution in [0.2, 0.25) is 0 Å². The molecular formula is C19H16N4O5. The van der Waals surface area contributed by atoms with Crippen molar-refractivity contribution in [3.8, 4) is 0 Å². The molecular weight excluding hydrogens is 364 g/mol. The molecule has 0 atom stereocenters. The normalized spacial score (nSPS) is 11.6. The molecule has 0 N–H and O–H groups in total. The van der Waals surface area contributed by atoms with Crippen LogP contribution in [0.5, 0.6) is 0 Å². The van der Waals surface area contributed by atoms with E-state index in [-0.39, 0.29) is 23.9 Å². The summed E-state index contributed by atoms with van der Waals surface area (Å²) in [6.45, 7) is 1.96. The van der Waals surface area contributed by atoms with Crippen LogP contribution in [0.25, 0.3) is 29.0 Å². The van der Waals surface area contributed by atoms with Crippen molar-refractivity contribution in [2.45, 2.75) is 6.92 Å². The summed E-state index contributed by atoms with van der Waals surface area (Å²) in [5, 5.41) is 10.8. The highest BCUT2D eigenvalue weighted by Gasteiger charge is 2.23. The van der Waals surface area contributed by atoms with Gasteiger partial charge in [-0.15, -0.1) is 0 Å². The van der Waals surface area contributed by atoms with E-state index >= 15 is 0 Å². The molecule has 0 amide bonds. The molecule has 0 fully saturated rings. The van der Waals surface area contributed by atoms with Crippen LogP contribution in [0, 0.1) is 10.1 Å². The van der Waals surface area contributed by atoms with Crippen LogP contribution in [0.1, 0.15) is 28.9 Å². The van der Waals surface area contributed by atoms with Gasteiger partial charge >= 0.3 is 11.9 Å². The second-order valence-corrected chi connectivity index (χ2v) is 6.02. The predicted molar refractivity (Wildman–Crippen MR) is 102 cm³/mol. The molecule has 4 rings (SSSR count). The third kappa shape index (κ3) is 2.73. The van der Waals surface area contributed by atoms with Crippen molar-refractivity contribution in [3.63, 3.8) is 0 Å². The lowest BCUT2D eigenvalue weighted by molar-refractivity contribution is -0.402. The number of carbonyl (C=O) groups is 1. The predicted octanol–water partition coefficient (Wildman–Crippen LogP) is 3.67. The van der Waals surface area contributed by atoms with Crippen LogP contribution in [0.3, 0.4) is 0 Å². The number of furan rings is 1. The molecule has 1 aromatic carbocycles. The van der Waals surface area contributed by atoms with Crippen molar-refractivity contribution < 1.29 is 18.9 Å². The van der Waals surface area contributed by atoms with Crippen molar-refractivity contribution in [1.82, 2.24) is 14.0 Å². The van der Waals surface area contributed by atoms with E-state index in [0.29, 0.717) is 11.5 Å². The molecule has 0 aliphatic carbocycles. The third-order valence-corrected chi connectivity index (χ3v) is 4.34. The molecule has 4 aromatic rings. The van der Waals surface area contributed by atoms with Crippen molar-refractivity contribution in [1.29, 1.82) is 0 Å². The molecule has 0 unspecified atom stereocenters. The Labute approximate surface area is 158 Å². The van der Waals surface area contributed by atoms with E-state index in [1.54, 1.807) is 17.4 Å². The van der Waals surface area contributed by atoms with Gasteiger partial charge in [0.2, 0.25) is 5.78 Å². The number of carbonyl (C=O) groups excluding carboxylic acids is 1. The van der Waals surface area contributed by atoms with E-state index in [0.717, 1.165) is 11.0 Å². The lowest BCUT2D eigenvalue weighted by Gasteiger charge is -2.02. The molecule has 142 valence electrons. The first-order valence-electron chi connectivity index (χ1n) is 8.56. The smallest absolute Gasteiger partial charge is 0.433 e. The maximum atomic E-state index is 12.7. The van der Waals surface area contributed by atoms with Crippen LogP contribution in [0.4, 0.5) is 5.88 Å². The molecule has 0 aliphatic heterocycles. The zero-order chi connectivity index (χ0) is 19.8. The molecule has 9 heteroatoms. The lowest BCUT2D eigenvalue weighted by Crippen LogP contribution is -2.09. The second-order valence-electron chi connectivity index (χ2n) is 6.02. The van der Waals surface area contributed by atoms with Gasteiger partial charge in [0.15, 0.2) is 5.69 Å². The van der Waals surface area contributed by atoms with Gasteiger partial charge in [0.25, 0.3) is 0 Å². The Balaban J connectivity index is 1.88. The van der Waals surface area contributed by atoms with E-state index in [1.165, 1.54) is 18.2 Å². The summed E-state index contributed by atoms with van der Waals surface area (Å²) < 4.78 is 14.0. The second kappa shape index (κ2) is 6.69. The van der Waals surface area contributed by atoms with Gasteiger partial charge in [-0.05, 0) is 37.3 Å². The SMILES string of the molecule is CCOC(=O)c1c(C=Cc2ccc([N+](=O)[O-])o2)nc2n(C)c3ccccc3n12. The molecule has 0 spiro atoms. The van der Waals surface area contributed by atoms with E-state index in [2.05, 4.69) is 4.98 Å². The zero-order valence-electron chi connectivity index (χ0n) is 15.2. The summed E-state index contributed by atoms with van der Waals surface area (Å²) in [5.41, 5.74) is 2.41. The Morgan fingerprint density at radius 2 is 2.00 bits per heavy atom. The molecule has 28 heavy (non-hydrogen) atoms. The Kier molecular flexibility index (Phi) is 4.19. The summed E-state index contributed by atoms with van der Waals surface area (Å²) in [7, 11) is 1.86. The van der Waals surface area contributed by atoms with Crippen molar-refractivity contribution in [2.24, 2.45) is 7.05 Å². The number of rotatable bonds is 5. The van der Waals surface area contributed by atoms with Gasteiger partial charge in [-0.2, -0.15) is 0 Å². The van der Waals surface area contributed by atoms with Gasteiger partial charge in [0.05, 0.1) is 29.4 Å². The fourth-order valence-corrected chi connectivity index (χ4v) is 3.13. The van der Waals surface area contributed by atoms with Crippen LogP contribution in [0.15, 0.2) is 40.8 Å². The van der Waals surface area contributed by atoms with E-state index in [1.807, 2.05) is 35.9 Å². The Bertz CT molecular complexity index is 1240. The van der Waals surface area contributed by atoms with E-state index in [4.69, 9.17) is 9.15 Å². The first-order chi connectivity index (χ1) is 13.5. The zero-order valence-corrected chi connectivity index (χ0v) is 15.2. The van der Waals surface area contributed by atoms with Crippen molar-refractivity contribution >= 4 is 40.8 Å². The number of esters is 1. The molecule has 0 bridgehead atoms. The monoisotopic (exact) mass is 380 g/mol. The van der Waals surface area contributed by atoms with Gasteiger partial charge in [-0.1, -0.05) is 12.1 Å². The number of aromatic nitrogens is 3. The molecule has 3 heterocycles. The maximum Gasteiger partial charge on any atom is 0.433 e. The van der Waals surface area contributed by atoms with Crippen LogP contribution in [-0.2, 0) is 11.8 Å². The van der Waals surface area contributed by atoms with E-state index in [9.17, 15) is 14.9 Å². The fourth-order valence-electron chi connectivity index (χ4n) is 3.13. The Morgan fingerprint density at radius 1 is 1.25 bits per heavy atom. The minimum absolute atomic E-state index is 0.227. The highest BCUT2D eigenvalue weighted by atomic mass is 16.6. The van der Waals surface area contributed by atoms with Gasteiger partial charge in [0, 0.05) is 7.05 Å². The average molecular weight is 380 g/mol. The Morgan fingerprint density at radius 3 is 2.68 bits per heavy atom. The lowest BCUT2D eigenvalue weighted by atomic mass is 10.2. The molecule has 3 aromatic heterocycles. The Hall–Kier alpha value is -3.88. The fraction of sp³-hybridized carbons (Fsp3) is 0.158. The number of fused-ring (bicyclic) bond motifs is 3. The number of nitro groups is 1. The molecule has 0 saturated carbocycles. The molecule has 0 radical (unpaired) electrons. The maximum absolute atomic E-state index is 12.7. The third-order valence-electron chi connectivity index (χ3n) is 4.34. The molecule has 0 saturated heterocycles. The summed E-state index contributed by atoms with van der Waals surface area (Å²) in [4.78, 5) is 27.4. The number of aryl methyl sites for hydroxylation is 1. The summed E-state index contributed by atoms with van der Waals surface area (Å²) in [6.07, 6.45) is 3.11. The number of imidazole rings is 2. The van der Waals surface area contributed by atoms with Crippen LogP contribution in [-0.4, -0.2) is 31.5 Å². The minimum Gasteiger partial charge on any atom is -0.461 e. The first kappa shape index (κ1) is 17.5. The summed E-state index contributed by atoms with van der Waals surface area (Å²) in [6, 6.07) is 10.4. The minimum atomic E-state index is -0.613. The standard InChI is InChI=1S/C19H16N4O5/c1-3-27-18(24)17-13(10-8-12-9-11-16(28-12)23(25)26)20-19-21(2)14-6-4-5-7-15(14)22(17)19/h4-11H,3H2,1-2H3. The first-order valence-corrected chi connectivity index (χ1v) is 8.56. The quantitative estimate of drug-likeness (QED) is 0.297. The van der Waals surface area contributed by atoms with Gasteiger partial charge in [0.1, 0.15) is 10.7 Å². The number of benzene rings is 1. The number of nitrogens with zero attached hydrogens (tertiary/aromatic N) is 4. The van der Waals surface area contributed by atoms with Gasteiger partial charge in [-0.3, -0.25) is 14.5 Å². The van der Waals surface area contributed by atoms with E-state index < -0.39 is 10.9 Å². The number of para-hydroxylation sites is 2. The highest BCUT2D eigenvalue weighted by molar-refractivity contribution is 5.96. The largest absolute Gasteiger partial charge is 0.461 e. The highest BCUT2D eigenvalue weighted by Crippen LogP contribution is 2.26. The van der Waals surface area contributed by atoms with Crippen LogP contribution < -0.4 is 0 Å². The van der Waals surface area contributed by atoms with Crippen molar-refractivity contribution in [3.05, 3.63) is 63.7 Å². The van der Waals surface area contributed by atoms with Crippen molar-refractivity contribution in [2.75, 3.05) is 6.61 Å². The summed E-state index contributed by atoms with van der Waals surface area (Å²) >= 11 is 0.